The van der Waals surface area contributed by atoms with Crippen LogP contribution in [0, 0.1) is 0 Å². The Bertz CT molecular complexity index is 771. The van der Waals surface area contributed by atoms with Gasteiger partial charge in [0, 0.05) is 5.56 Å². The van der Waals surface area contributed by atoms with E-state index in [1.807, 2.05) is 24.3 Å². The molecule has 1 unspecified atom stereocenters. The number of allylic oxidation sites excluding steroid dienone is 4. The minimum atomic E-state index is -2.17. The van der Waals surface area contributed by atoms with E-state index in [0.29, 0.717) is 12.0 Å². The molecule has 0 bridgehead atoms. The van der Waals surface area contributed by atoms with Gasteiger partial charge in [-0.15, -0.1) is 0 Å². The summed E-state index contributed by atoms with van der Waals surface area (Å²) < 4.78 is 29.7. The third kappa shape index (κ3) is 3.73. The summed E-state index contributed by atoms with van der Waals surface area (Å²) >= 11 is 0. The summed E-state index contributed by atoms with van der Waals surface area (Å²) in [4.78, 5) is 0. The Morgan fingerprint density at radius 3 is 2.48 bits per heavy atom. The van der Waals surface area contributed by atoms with Crippen LogP contribution in [0.1, 0.15) is 43.7 Å². The molecule has 1 aliphatic rings. The van der Waals surface area contributed by atoms with Crippen LogP contribution >= 0.6 is 0 Å². The van der Waals surface area contributed by atoms with Gasteiger partial charge in [-0.25, -0.2) is 8.78 Å². The predicted molar refractivity (Wildman–Crippen MR) is 101 cm³/mol. The zero-order valence-corrected chi connectivity index (χ0v) is 14.6. The van der Waals surface area contributed by atoms with Crippen molar-refractivity contribution in [2.75, 3.05) is 0 Å². The van der Waals surface area contributed by atoms with E-state index in [0.717, 1.165) is 17.5 Å². The molecule has 130 valence electrons. The lowest BCUT2D eigenvalue weighted by Gasteiger charge is -2.25. The van der Waals surface area contributed by atoms with Gasteiger partial charge >= 0.3 is 0 Å². The normalized spacial score (nSPS) is 19.7. The third-order valence-electron chi connectivity index (χ3n) is 4.78. The van der Waals surface area contributed by atoms with Crippen molar-refractivity contribution in [2.45, 2.75) is 44.7 Å². The van der Waals surface area contributed by atoms with Crippen LogP contribution in [0.25, 0.3) is 11.1 Å². The van der Waals surface area contributed by atoms with Crippen molar-refractivity contribution < 1.29 is 8.78 Å². The van der Waals surface area contributed by atoms with Crippen LogP contribution in [0.15, 0.2) is 72.6 Å². The van der Waals surface area contributed by atoms with E-state index in [9.17, 15) is 4.39 Å². The summed E-state index contributed by atoms with van der Waals surface area (Å²) in [5, 5.41) is 0. The minimum absolute atomic E-state index is 0.360. The number of rotatable bonds is 6. The van der Waals surface area contributed by atoms with E-state index in [2.05, 4.69) is 19.1 Å². The molecule has 1 atom stereocenters. The average Bonchev–Trinajstić information content (AvgIpc) is 2.65. The van der Waals surface area contributed by atoms with E-state index in [1.54, 1.807) is 18.2 Å². The molecule has 25 heavy (non-hydrogen) atoms. The first kappa shape index (κ1) is 17.6. The van der Waals surface area contributed by atoms with Crippen LogP contribution in [0.3, 0.4) is 0 Å². The Balaban J connectivity index is 1.92. The fourth-order valence-corrected chi connectivity index (χ4v) is 3.33. The van der Waals surface area contributed by atoms with Gasteiger partial charge in [-0.3, -0.25) is 0 Å². The van der Waals surface area contributed by atoms with Crippen LogP contribution in [0.5, 0.6) is 0 Å². The number of halogens is 2. The molecule has 0 fully saturated rings. The van der Waals surface area contributed by atoms with Gasteiger partial charge in [0.05, 0.1) is 0 Å². The van der Waals surface area contributed by atoms with Crippen LogP contribution in [-0.4, -0.2) is 0 Å². The lowest BCUT2D eigenvalue weighted by Crippen LogP contribution is -2.21. The van der Waals surface area contributed by atoms with Gasteiger partial charge in [0.15, 0.2) is 0 Å². The number of aryl methyl sites for hydroxylation is 1. The molecule has 0 saturated carbocycles. The summed E-state index contributed by atoms with van der Waals surface area (Å²) in [5.41, 5.74) is 1.12. The quantitative estimate of drug-likeness (QED) is 0.390. The van der Waals surface area contributed by atoms with Crippen molar-refractivity contribution in [1.82, 2.24) is 0 Å². The van der Waals surface area contributed by atoms with Crippen molar-refractivity contribution in [3.8, 4) is 11.1 Å². The second-order valence-corrected chi connectivity index (χ2v) is 6.60. The first-order valence-electron chi connectivity index (χ1n) is 9.06. The van der Waals surface area contributed by atoms with E-state index in [1.165, 1.54) is 37.0 Å². The smallest absolute Gasteiger partial charge is 0.205 e. The topological polar surface area (TPSA) is 0 Å². The maximum Gasteiger partial charge on any atom is 0.205 e. The van der Waals surface area contributed by atoms with Gasteiger partial charge in [0.2, 0.25) is 5.67 Å². The Morgan fingerprint density at radius 1 is 1.00 bits per heavy atom. The van der Waals surface area contributed by atoms with E-state index < -0.39 is 11.5 Å². The largest absolute Gasteiger partial charge is 0.226 e. The van der Waals surface area contributed by atoms with E-state index >= 15 is 4.39 Å². The lowest BCUT2D eigenvalue weighted by molar-refractivity contribution is 0.235. The molecule has 0 spiro atoms. The zero-order valence-electron chi connectivity index (χ0n) is 14.6. The first-order chi connectivity index (χ1) is 12.1. The van der Waals surface area contributed by atoms with Gasteiger partial charge in [-0.2, -0.15) is 0 Å². The zero-order chi connectivity index (χ0) is 17.7. The van der Waals surface area contributed by atoms with Crippen LogP contribution in [0.2, 0.25) is 0 Å². The highest BCUT2D eigenvalue weighted by atomic mass is 19.2. The molecule has 0 N–H and O–H groups in total. The SMILES string of the molecule is CCCCCc1ccc(-c2ccccc2C2(F)C=CCC=C2F)cc1. The summed E-state index contributed by atoms with van der Waals surface area (Å²) in [5.74, 6) is -0.723. The molecule has 0 nitrogen and oxygen atoms in total. The molecule has 1 aliphatic carbocycles. The fraction of sp³-hybridized carbons (Fsp3) is 0.304. The highest BCUT2D eigenvalue weighted by Gasteiger charge is 2.37. The van der Waals surface area contributed by atoms with Gasteiger partial charge in [0.25, 0.3) is 0 Å². The number of alkyl halides is 1. The Morgan fingerprint density at radius 2 is 1.76 bits per heavy atom. The van der Waals surface area contributed by atoms with Crippen molar-refractivity contribution >= 4 is 0 Å². The van der Waals surface area contributed by atoms with Crippen molar-refractivity contribution in [1.29, 1.82) is 0 Å². The predicted octanol–water partition coefficient (Wildman–Crippen LogP) is 7.06. The minimum Gasteiger partial charge on any atom is -0.226 e. The third-order valence-corrected chi connectivity index (χ3v) is 4.78. The summed E-state index contributed by atoms with van der Waals surface area (Å²) in [6.45, 7) is 2.19. The lowest BCUT2D eigenvalue weighted by atomic mass is 9.84. The first-order valence-corrected chi connectivity index (χ1v) is 9.06. The van der Waals surface area contributed by atoms with E-state index in [-0.39, 0.29) is 0 Å². The molecular formula is C23H24F2. The highest BCUT2D eigenvalue weighted by Crippen LogP contribution is 2.43. The molecule has 2 heteroatoms. The summed E-state index contributed by atoms with van der Waals surface area (Å²) in [6.07, 6.45) is 9.43. The molecule has 2 aromatic carbocycles. The average molecular weight is 338 g/mol. The molecule has 0 aliphatic heterocycles. The highest BCUT2D eigenvalue weighted by molar-refractivity contribution is 5.70. The molecule has 2 aromatic rings. The summed E-state index contributed by atoms with van der Waals surface area (Å²) in [7, 11) is 0. The maximum atomic E-state index is 15.4. The van der Waals surface area contributed by atoms with Gasteiger partial charge in [-0.1, -0.05) is 74.4 Å². The molecule has 3 rings (SSSR count). The standard InChI is InChI=1S/C23H24F2/c1-2-3-4-9-18-13-15-19(16-14-18)20-10-5-6-11-21(20)23(25)17-8-7-12-22(23)24/h5-6,8,10-17H,2-4,7,9H2,1H3. The number of hydrogen-bond acceptors (Lipinski definition) is 0. The van der Waals surface area contributed by atoms with Crippen LogP contribution in [-0.2, 0) is 12.1 Å². The second-order valence-electron chi connectivity index (χ2n) is 6.60. The number of benzene rings is 2. The van der Waals surface area contributed by atoms with Crippen LogP contribution in [0.4, 0.5) is 8.78 Å². The monoisotopic (exact) mass is 338 g/mol. The molecule has 0 radical (unpaired) electrons. The number of hydrogen-bond donors (Lipinski definition) is 0. The molecule has 0 amide bonds. The molecule has 0 saturated heterocycles. The van der Waals surface area contributed by atoms with E-state index in [4.69, 9.17) is 0 Å². The van der Waals surface area contributed by atoms with Crippen molar-refractivity contribution in [2.24, 2.45) is 0 Å². The Hall–Kier alpha value is -2.22. The van der Waals surface area contributed by atoms with Gasteiger partial charge in [-0.05, 0) is 48.1 Å². The van der Waals surface area contributed by atoms with Gasteiger partial charge < -0.3 is 0 Å². The van der Waals surface area contributed by atoms with Gasteiger partial charge in [0.1, 0.15) is 5.83 Å². The molecule has 0 aromatic heterocycles. The fourth-order valence-electron chi connectivity index (χ4n) is 3.33. The van der Waals surface area contributed by atoms with Crippen molar-refractivity contribution in [3.05, 3.63) is 83.7 Å². The Labute approximate surface area is 148 Å². The van der Waals surface area contributed by atoms with Crippen molar-refractivity contribution in [3.63, 3.8) is 0 Å². The second kappa shape index (κ2) is 7.77. The maximum absolute atomic E-state index is 15.4. The number of unbranched alkanes of at least 4 members (excludes halogenated alkanes) is 2. The summed E-state index contributed by atoms with van der Waals surface area (Å²) in [6, 6.07) is 15.4. The molecular weight excluding hydrogens is 314 g/mol. The van der Waals surface area contributed by atoms with Crippen LogP contribution < -0.4 is 0 Å². The molecule has 0 heterocycles. The Kier molecular flexibility index (Phi) is 5.47.